The van der Waals surface area contributed by atoms with Gasteiger partial charge in [0.05, 0.1) is 11.3 Å². The lowest BCUT2D eigenvalue weighted by atomic mass is 10.1. The Kier molecular flexibility index (Phi) is 3.43. The third-order valence-electron chi connectivity index (χ3n) is 3.20. The number of thioether (sulfide) groups is 1. The van der Waals surface area contributed by atoms with Crippen molar-refractivity contribution >= 4 is 27.6 Å². The van der Waals surface area contributed by atoms with Crippen molar-refractivity contribution in [2.45, 2.75) is 12.5 Å². The van der Waals surface area contributed by atoms with Gasteiger partial charge in [0.25, 0.3) is 0 Å². The number of carbonyl (C=O) groups is 1. The van der Waals surface area contributed by atoms with Crippen LogP contribution in [-0.2, 0) is 14.6 Å². The van der Waals surface area contributed by atoms with Gasteiger partial charge in [-0.3, -0.25) is 0 Å². The van der Waals surface area contributed by atoms with E-state index in [4.69, 9.17) is 4.74 Å². The van der Waals surface area contributed by atoms with E-state index in [1.54, 1.807) is 35.7 Å². The number of carbonyl (C=O) groups excluding carboxylic acids is 1. The quantitative estimate of drug-likeness (QED) is 0.786. The van der Waals surface area contributed by atoms with Crippen molar-refractivity contribution < 1.29 is 17.9 Å². The molecular formula is C14H12O4S2. The Bertz CT molecular complexity index is 702. The van der Waals surface area contributed by atoms with Gasteiger partial charge < -0.3 is 4.74 Å². The fraction of sp³-hybridized carbons (Fsp3) is 0.214. The van der Waals surface area contributed by atoms with Crippen LogP contribution in [0.1, 0.15) is 16.8 Å². The molecule has 1 atom stereocenters. The highest BCUT2D eigenvalue weighted by Crippen LogP contribution is 2.41. The predicted octanol–water partition coefficient (Wildman–Crippen LogP) is 2.50. The van der Waals surface area contributed by atoms with Crippen molar-refractivity contribution in [3.8, 4) is 0 Å². The second kappa shape index (κ2) is 5.10. The van der Waals surface area contributed by atoms with Crippen molar-refractivity contribution in [2.24, 2.45) is 0 Å². The van der Waals surface area contributed by atoms with Crippen LogP contribution in [0, 0.1) is 0 Å². The van der Waals surface area contributed by atoms with Crippen LogP contribution in [0.25, 0.3) is 0 Å². The molecule has 20 heavy (non-hydrogen) atoms. The average molecular weight is 308 g/mol. The van der Waals surface area contributed by atoms with Gasteiger partial charge in [0.15, 0.2) is 9.84 Å². The summed E-state index contributed by atoms with van der Waals surface area (Å²) in [4.78, 5) is 12.0. The second-order valence-electron chi connectivity index (χ2n) is 4.52. The topological polar surface area (TPSA) is 60.4 Å². The molecule has 0 aromatic heterocycles. The molecule has 6 heteroatoms. The molecule has 0 fully saturated rings. The number of ether oxygens (including phenoxy) is 1. The second-order valence-corrected chi connectivity index (χ2v) is 7.74. The van der Waals surface area contributed by atoms with Crippen LogP contribution in [0.2, 0.25) is 0 Å². The zero-order chi connectivity index (χ0) is 14.2. The first-order valence-corrected chi connectivity index (χ1v) is 8.66. The van der Waals surface area contributed by atoms with E-state index in [0.29, 0.717) is 21.8 Å². The molecule has 0 amide bonds. The molecule has 2 aliphatic heterocycles. The zero-order valence-electron chi connectivity index (χ0n) is 10.5. The minimum Gasteiger partial charge on any atom is -0.450 e. The van der Waals surface area contributed by atoms with Crippen molar-refractivity contribution in [1.82, 2.24) is 0 Å². The van der Waals surface area contributed by atoms with Crippen LogP contribution in [0.4, 0.5) is 0 Å². The maximum atomic E-state index is 12.0. The third-order valence-corrected chi connectivity index (χ3v) is 6.59. The van der Waals surface area contributed by atoms with E-state index in [0.717, 1.165) is 0 Å². The molecule has 104 valence electrons. The summed E-state index contributed by atoms with van der Waals surface area (Å²) < 4.78 is 29.5. The van der Waals surface area contributed by atoms with Gasteiger partial charge in [-0.1, -0.05) is 30.0 Å². The Morgan fingerprint density at radius 3 is 2.75 bits per heavy atom. The Morgan fingerprint density at radius 2 is 2.00 bits per heavy atom. The number of sulfone groups is 1. The summed E-state index contributed by atoms with van der Waals surface area (Å²) in [6, 6.07) is 8.68. The van der Waals surface area contributed by atoms with Crippen LogP contribution in [0.5, 0.6) is 0 Å². The van der Waals surface area contributed by atoms with E-state index < -0.39 is 21.9 Å². The molecule has 2 aliphatic rings. The maximum absolute atomic E-state index is 12.0. The number of benzene rings is 1. The first kappa shape index (κ1) is 13.5. The van der Waals surface area contributed by atoms with E-state index in [1.807, 2.05) is 6.07 Å². The highest BCUT2D eigenvalue weighted by atomic mass is 32.3. The largest absolute Gasteiger partial charge is 0.450 e. The molecule has 0 N–H and O–H groups in total. The van der Waals surface area contributed by atoms with E-state index >= 15 is 0 Å². The normalized spacial score (nSPS) is 23.5. The molecule has 0 spiro atoms. The van der Waals surface area contributed by atoms with Crippen LogP contribution in [0.3, 0.4) is 0 Å². The van der Waals surface area contributed by atoms with Crippen molar-refractivity contribution in [2.75, 3.05) is 5.75 Å². The van der Waals surface area contributed by atoms with Gasteiger partial charge in [-0.25, -0.2) is 13.2 Å². The number of rotatable bonds is 2. The summed E-state index contributed by atoms with van der Waals surface area (Å²) in [6.45, 7) is 0. The molecule has 1 aromatic rings. The number of hydrogen-bond acceptors (Lipinski definition) is 5. The summed E-state index contributed by atoms with van der Waals surface area (Å²) in [7, 11) is -3.18. The summed E-state index contributed by atoms with van der Waals surface area (Å²) >= 11 is 1.19. The molecule has 2 heterocycles. The van der Waals surface area contributed by atoms with Gasteiger partial charge in [0.2, 0.25) is 0 Å². The number of esters is 1. The molecule has 0 radical (unpaired) electrons. The maximum Gasteiger partial charge on any atom is 0.339 e. The minimum atomic E-state index is -3.18. The highest BCUT2D eigenvalue weighted by Gasteiger charge is 2.36. The Labute approximate surface area is 121 Å². The molecule has 1 unspecified atom stereocenters. The fourth-order valence-electron chi connectivity index (χ4n) is 2.20. The van der Waals surface area contributed by atoms with Gasteiger partial charge in [-0.15, -0.1) is 0 Å². The van der Waals surface area contributed by atoms with E-state index in [-0.39, 0.29) is 5.75 Å². The van der Waals surface area contributed by atoms with Gasteiger partial charge in [-0.05, 0) is 30.0 Å². The highest BCUT2D eigenvalue weighted by molar-refractivity contribution is 8.20. The molecule has 1 aromatic carbocycles. The van der Waals surface area contributed by atoms with Crippen LogP contribution in [-0.4, -0.2) is 26.2 Å². The molecular weight excluding hydrogens is 296 g/mol. The van der Waals surface area contributed by atoms with Crippen molar-refractivity contribution in [3.05, 3.63) is 57.2 Å². The lowest BCUT2D eigenvalue weighted by Crippen LogP contribution is -2.19. The predicted molar refractivity (Wildman–Crippen MR) is 77.8 cm³/mol. The Morgan fingerprint density at radius 1 is 1.25 bits per heavy atom. The third kappa shape index (κ3) is 2.41. The van der Waals surface area contributed by atoms with E-state index in [9.17, 15) is 13.2 Å². The van der Waals surface area contributed by atoms with Gasteiger partial charge >= 0.3 is 5.97 Å². The molecule has 0 aliphatic carbocycles. The van der Waals surface area contributed by atoms with E-state index in [1.165, 1.54) is 11.8 Å². The Balaban J connectivity index is 1.83. The average Bonchev–Trinajstić information content (AvgIpc) is 2.77. The van der Waals surface area contributed by atoms with Gasteiger partial charge in [-0.2, -0.15) is 0 Å². The first-order valence-electron chi connectivity index (χ1n) is 6.13. The van der Waals surface area contributed by atoms with Crippen molar-refractivity contribution in [1.29, 1.82) is 0 Å². The van der Waals surface area contributed by atoms with Gasteiger partial charge in [0.1, 0.15) is 10.3 Å². The standard InChI is InChI=1S/C14H12O4S2/c15-13(10-4-2-1-3-5-10)18-12-6-8-19-14-11(12)7-9-20(14,16)17/h1-6,8,12H,7,9H2. The molecule has 0 saturated carbocycles. The summed E-state index contributed by atoms with van der Waals surface area (Å²) in [6.07, 6.45) is 1.59. The van der Waals surface area contributed by atoms with Gasteiger partial charge in [0, 0.05) is 5.57 Å². The fourth-order valence-corrected chi connectivity index (χ4v) is 5.21. The van der Waals surface area contributed by atoms with E-state index in [2.05, 4.69) is 0 Å². The van der Waals surface area contributed by atoms with Crippen LogP contribution >= 0.6 is 11.8 Å². The van der Waals surface area contributed by atoms with Crippen LogP contribution in [0.15, 0.2) is 51.6 Å². The number of hydrogen-bond donors (Lipinski definition) is 0. The first-order chi connectivity index (χ1) is 9.58. The minimum absolute atomic E-state index is 0.103. The lowest BCUT2D eigenvalue weighted by molar-refractivity contribution is 0.0445. The Hall–Kier alpha value is -1.53. The monoisotopic (exact) mass is 308 g/mol. The lowest BCUT2D eigenvalue weighted by Gasteiger charge is -2.19. The zero-order valence-corrected chi connectivity index (χ0v) is 12.1. The van der Waals surface area contributed by atoms with Crippen LogP contribution < -0.4 is 0 Å². The molecule has 3 rings (SSSR count). The van der Waals surface area contributed by atoms with Crippen molar-refractivity contribution in [3.63, 3.8) is 0 Å². The molecule has 0 saturated heterocycles. The molecule has 0 bridgehead atoms. The SMILES string of the molecule is O=C(OC1C=CSC2=C1CCS2(=O)=O)c1ccccc1. The summed E-state index contributed by atoms with van der Waals surface area (Å²) in [5, 5.41) is 1.67. The smallest absolute Gasteiger partial charge is 0.339 e. The summed E-state index contributed by atoms with van der Waals surface area (Å²) in [5.41, 5.74) is 1.16. The molecule has 4 nitrogen and oxygen atoms in total. The summed E-state index contributed by atoms with van der Waals surface area (Å²) in [5.74, 6) is -0.338.